The molecule has 0 saturated carbocycles. The van der Waals surface area contributed by atoms with Gasteiger partial charge < -0.3 is 8.85 Å². The summed E-state index contributed by atoms with van der Waals surface area (Å²) in [5, 5.41) is 0. The maximum Gasteiger partial charge on any atom is 0.524 e. The Kier molecular flexibility index (Phi) is 9.78. The SMILES string of the molecule is CCO[Si](Cl)(OCC)C(F)(F)C(F)(F)C(F)(F)C(F)(F)C(F)(F)C(F)(F)C(F)(F)C(F)(F)C(F)(F)C(F)(F)F. The smallest absolute Gasteiger partial charge is 0.380 e. The lowest BCUT2D eigenvalue weighted by Gasteiger charge is -2.45. The topological polar surface area (TPSA) is 18.5 Å². The fraction of sp³-hybridized carbons (Fsp3) is 1.00. The Morgan fingerprint density at radius 1 is 0.410 bits per heavy atom. The molecule has 0 N–H and O–H groups in total. The zero-order valence-corrected chi connectivity index (χ0v) is 19.8. The summed E-state index contributed by atoms with van der Waals surface area (Å²) >= 11 is 4.84. The molecule has 0 atom stereocenters. The van der Waals surface area contributed by atoms with Crippen molar-refractivity contribution in [2.45, 2.75) is 72.9 Å². The van der Waals surface area contributed by atoms with Crippen LogP contribution in [0, 0.1) is 0 Å². The van der Waals surface area contributed by atoms with Gasteiger partial charge in [-0.1, -0.05) is 11.1 Å². The molecule has 0 spiro atoms. The molecule has 236 valence electrons. The molecule has 0 saturated heterocycles. The molecule has 0 rings (SSSR count). The third kappa shape index (κ3) is 4.80. The first-order valence-corrected chi connectivity index (χ1v) is 11.9. The van der Waals surface area contributed by atoms with Crippen LogP contribution < -0.4 is 0 Å². The van der Waals surface area contributed by atoms with Gasteiger partial charge in [0.05, 0.1) is 0 Å². The Morgan fingerprint density at radius 3 is 0.821 bits per heavy atom. The molecule has 0 bridgehead atoms. The van der Waals surface area contributed by atoms with E-state index in [2.05, 4.69) is 8.85 Å². The summed E-state index contributed by atoms with van der Waals surface area (Å²) in [5.74, 6) is -71.0. The molecule has 0 amide bonds. The first-order chi connectivity index (χ1) is 16.6. The summed E-state index contributed by atoms with van der Waals surface area (Å²) in [5.41, 5.74) is -7.11. The number of rotatable bonds is 13. The molecule has 0 fully saturated rings. The molecule has 0 aliphatic heterocycles. The molecule has 0 aromatic carbocycles. The van der Waals surface area contributed by atoms with Crippen LogP contribution in [-0.4, -0.2) is 80.2 Å². The van der Waals surface area contributed by atoms with Crippen molar-refractivity contribution < 1.29 is 101 Å². The van der Waals surface area contributed by atoms with Crippen LogP contribution in [0.3, 0.4) is 0 Å². The van der Waals surface area contributed by atoms with Crippen LogP contribution in [0.4, 0.5) is 92.2 Å². The second-order valence-corrected chi connectivity index (χ2v) is 10.8. The zero-order chi connectivity index (χ0) is 32.3. The van der Waals surface area contributed by atoms with E-state index >= 15 is 0 Å². The fourth-order valence-electron chi connectivity index (χ4n) is 2.34. The van der Waals surface area contributed by atoms with Crippen molar-refractivity contribution in [3.05, 3.63) is 0 Å². The first kappa shape index (κ1) is 38.0. The summed E-state index contributed by atoms with van der Waals surface area (Å²) in [6.45, 7) is -1.41. The van der Waals surface area contributed by atoms with E-state index in [1.807, 2.05) is 0 Å². The lowest BCUT2D eigenvalue weighted by atomic mass is 9.87. The first-order valence-electron chi connectivity index (χ1n) is 9.06. The maximum absolute atomic E-state index is 14.2. The van der Waals surface area contributed by atoms with Crippen molar-refractivity contribution in [3.8, 4) is 0 Å². The standard InChI is InChI=1S/C14H10ClF21O2Si/c1-3-37-39(15,38-4-2)14(35,36)12(30,31)10(26,27)8(22,23)6(18,19)5(16,17)7(20,21)9(24,25)11(28,29)13(32,33)34/h3-4H2,1-2H3. The second-order valence-electron chi connectivity index (χ2n) is 7.07. The third-order valence-electron chi connectivity index (χ3n) is 4.55. The molecule has 0 unspecified atom stereocenters. The van der Waals surface area contributed by atoms with Gasteiger partial charge in [-0.2, -0.15) is 92.2 Å². The van der Waals surface area contributed by atoms with E-state index in [1.54, 1.807) is 0 Å². The van der Waals surface area contributed by atoms with Crippen molar-refractivity contribution in [2.75, 3.05) is 13.2 Å². The molecule has 39 heavy (non-hydrogen) atoms. The van der Waals surface area contributed by atoms with E-state index in [0.29, 0.717) is 13.8 Å². The summed E-state index contributed by atoms with van der Waals surface area (Å²) in [4.78, 5) is 0. The summed E-state index contributed by atoms with van der Waals surface area (Å²) in [6, 6.07) is 0. The molecule has 0 aliphatic carbocycles. The van der Waals surface area contributed by atoms with Crippen molar-refractivity contribution in [1.82, 2.24) is 0 Å². The van der Waals surface area contributed by atoms with E-state index < -0.39 is 80.2 Å². The number of hydrogen-bond acceptors (Lipinski definition) is 2. The average Bonchev–Trinajstić information content (AvgIpc) is 2.71. The van der Waals surface area contributed by atoms with E-state index in [1.165, 1.54) is 0 Å². The molecule has 0 radical (unpaired) electrons. The van der Waals surface area contributed by atoms with E-state index in [-0.39, 0.29) is 0 Å². The van der Waals surface area contributed by atoms with E-state index in [0.717, 1.165) is 0 Å². The molecule has 0 aromatic rings. The van der Waals surface area contributed by atoms with Crippen LogP contribution in [0.15, 0.2) is 0 Å². The van der Waals surface area contributed by atoms with Gasteiger partial charge in [-0.05, 0) is 13.8 Å². The molecule has 0 aliphatic rings. The summed E-state index contributed by atoms with van der Waals surface area (Å²) < 4.78 is 289. The minimum Gasteiger partial charge on any atom is -0.380 e. The average molecular weight is 673 g/mol. The Morgan fingerprint density at radius 2 is 0.615 bits per heavy atom. The molecule has 0 heterocycles. The monoisotopic (exact) mass is 672 g/mol. The predicted molar refractivity (Wildman–Crippen MR) is 85.4 cm³/mol. The van der Waals surface area contributed by atoms with Crippen molar-refractivity contribution >= 4 is 18.9 Å². The van der Waals surface area contributed by atoms with Gasteiger partial charge in [-0.3, -0.25) is 0 Å². The second kappa shape index (κ2) is 10.0. The highest BCUT2D eigenvalue weighted by molar-refractivity contribution is 7.14. The number of alkyl halides is 21. The Balaban J connectivity index is 7.25. The van der Waals surface area contributed by atoms with Gasteiger partial charge in [0.1, 0.15) is 0 Å². The highest BCUT2D eigenvalue weighted by Crippen LogP contribution is 2.66. The number of halogens is 22. The van der Waals surface area contributed by atoms with Gasteiger partial charge in [-0.25, -0.2) is 0 Å². The lowest BCUT2D eigenvalue weighted by molar-refractivity contribution is -0.472. The van der Waals surface area contributed by atoms with E-state index in [9.17, 15) is 92.2 Å². The fourth-order valence-corrected chi connectivity index (χ4v) is 5.07. The Hall–Kier alpha value is -1.04. The maximum atomic E-state index is 14.2. The van der Waals surface area contributed by atoms with Gasteiger partial charge in [-0.15, -0.1) is 0 Å². The Labute approximate surface area is 207 Å². The van der Waals surface area contributed by atoms with Gasteiger partial charge in [0.2, 0.25) is 0 Å². The van der Waals surface area contributed by atoms with Crippen LogP contribution in [0.5, 0.6) is 0 Å². The van der Waals surface area contributed by atoms with Crippen molar-refractivity contribution in [3.63, 3.8) is 0 Å². The zero-order valence-electron chi connectivity index (χ0n) is 18.0. The normalized spacial score (nSPS) is 16.6. The van der Waals surface area contributed by atoms with Gasteiger partial charge in [0.25, 0.3) is 0 Å². The van der Waals surface area contributed by atoms with Crippen LogP contribution in [0.2, 0.25) is 0 Å². The summed E-state index contributed by atoms with van der Waals surface area (Å²) in [7, 11) is -6.87. The molecule has 2 nitrogen and oxygen atoms in total. The highest BCUT2D eigenvalue weighted by atomic mass is 35.6. The third-order valence-corrected chi connectivity index (χ3v) is 8.30. The molecule has 25 heteroatoms. The van der Waals surface area contributed by atoms with Gasteiger partial charge in [0, 0.05) is 13.2 Å². The molecular weight excluding hydrogens is 663 g/mol. The van der Waals surface area contributed by atoms with Crippen LogP contribution in [-0.2, 0) is 8.85 Å². The van der Waals surface area contributed by atoms with Gasteiger partial charge in [0.15, 0.2) is 0 Å². The van der Waals surface area contributed by atoms with Gasteiger partial charge >= 0.3 is 67.0 Å². The minimum absolute atomic E-state index is 0.595. The van der Waals surface area contributed by atoms with Crippen molar-refractivity contribution in [2.24, 2.45) is 0 Å². The predicted octanol–water partition coefficient (Wildman–Crippen LogP) is 8.06. The van der Waals surface area contributed by atoms with Crippen LogP contribution in [0.25, 0.3) is 0 Å². The minimum atomic E-state index is -9.23. The summed E-state index contributed by atoms with van der Waals surface area (Å²) in [6.07, 6.45) is -8.03. The number of hydrogen-bond donors (Lipinski definition) is 0. The van der Waals surface area contributed by atoms with E-state index in [4.69, 9.17) is 11.1 Å². The quantitative estimate of drug-likeness (QED) is 0.112. The largest absolute Gasteiger partial charge is 0.524 e. The lowest BCUT2D eigenvalue weighted by Crippen LogP contribution is -2.78. The van der Waals surface area contributed by atoms with Crippen LogP contribution in [0.1, 0.15) is 13.8 Å². The Bertz CT molecular complexity index is 863. The highest BCUT2D eigenvalue weighted by Gasteiger charge is 2.99. The van der Waals surface area contributed by atoms with Crippen LogP contribution >= 0.6 is 11.1 Å². The molecule has 0 aromatic heterocycles. The molecular formula is C14H10ClF21O2Si. The van der Waals surface area contributed by atoms with Crippen molar-refractivity contribution in [1.29, 1.82) is 0 Å².